The highest BCUT2D eigenvalue weighted by atomic mass is 32.1. The van der Waals surface area contributed by atoms with Crippen molar-refractivity contribution < 1.29 is 9.90 Å². The number of amides is 1. The number of rotatable bonds is 3. The number of carbonyl (C=O) groups is 1. The zero-order valence-electron chi connectivity index (χ0n) is 15.2. The van der Waals surface area contributed by atoms with Crippen LogP contribution in [0.3, 0.4) is 0 Å². The first kappa shape index (κ1) is 17.7. The van der Waals surface area contributed by atoms with E-state index in [1.54, 1.807) is 30.4 Å². The van der Waals surface area contributed by atoms with Crippen molar-refractivity contribution in [1.82, 2.24) is 9.55 Å². The summed E-state index contributed by atoms with van der Waals surface area (Å²) in [5, 5.41) is 12.8. The lowest BCUT2D eigenvalue weighted by molar-refractivity contribution is -0.118. The lowest BCUT2D eigenvalue weighted by atomic mass is 9.89. The van der Waals surface area contributed by atoms with E-state index in [4.69, 9.17) is 0 Å². The number of thiophene rings is 1. The van der Waals surface area contributed by atoms with Crippen LogP contribution in [0.1, 0.15) is 36.8 Å². The van der Waals surface area contributed by atoms with Crippen molar-refractivity contribution in [1.29, 1.82) is 0 Å². The van der Waals surface area contributed by atoms with Gasteiger partial charge in [-0.05, 0) is 61.9 Å². The molecule has 0 saturated carbocycles. The van der Waals surface area contributed by atoms with E-state index < -0.39 is 6.04 Å². The van der Waals surface area contributed by atoms with Gasteiger partial charge in [-0.25, -0.2) is 4.98 Å². The lowest BCUT2D eigenvalue weighted by Crippen LogP contribution is -2.32. The summed E-state index contributed by atoms with van der Waals surface area (Å²) in [6.07, 6.45) is 4.43. The van der Waals surface area contributed by atoms with Gasteiger partial charge in [-0.2, -0.15) is 0 Å². The highest BCUT2D eigenvalue weighted by molar-refractivity contribution is 7.18. The van der Waals surface area contributed by atoms with Gasteiger partial charge < -0.3 is 10.4 Å². The first-order valence-electron chi connectivity index (χ1n) is 9.05. The second kappa shape index (κ2) is 6.81. The maximum absolute atomic E-state index is 13.1. The maximum atomic E-state index is 13.1. The number of anilines is 1. The second-order valence-electron chi connectivity index (χ2n) is 7.20. The smallest absolute Gasteiger partial charge is 0.263 e. The molecule has 27 heavy (non-hydrogen) atoms. The lowest BCUT2D eigenvalue weighted by Gasteiger charge is -2.18. The van der Waals surface area contributed by atoms with Crippen LogP contribution in [-0.4, -0.2) is 20.6 Å². The van der Waals surface area contributed by atoms with Gasteiger partial charge in [-0.3, -0.25) is 14.2 Å². The number of aromatic nitrogens is 2. The third kappa shape index (κ3) is 3.23. The molecule has 140 valence electrons. The quantitative estimate of drug-likeness (QED) is 0.678. The average molecular weight is 383 g/mol. The van der Waals surface area contributed by atoms with Crippen LogP contribution in [0.25, 0.3) is 10.2 Å². The zero-order valence-corrected chi connectivity index (χ0v) is 16.0. The Hall–Kier alpha value is -2.67. The molecule has 4 rings (SSSR count). The number of phenolic OH excluding ortho intramolecular Hbond substituents is 1. The summed E-state index contributed by atoms with van der Waals surface area (Å²) in [7, 11) is 0. The Bertz CT molecular complexity index is 1070. The van der Waals surface area contributed by atoms with Crippen molar-refractivity contribution in [3.63, 3.8) is 0 Å². The maximum Gasteiger partial charge on any atom is 0.263 e. The van der Waals surface area contributed by atoms with Gasteiger partial charge >= 0.3 is 0 Å². The number of phenols is 1. The van der Waals surface area contributed by atoms with E-state index in [1.165, 1.54) is 27.9 Å². The van der Waals surface area contributed by atoms with Crippen LogP contribution in [0.15, 0.2) is 35.4 Å². The summed E-state index contributed by atoms with van der Waals surface area (Å²) in [5.74, 6) is 0.452. The second-order valence-corrected chi connectivity index (χ2v) is 8.28. The van der Waals surface area contributed by atoms with Gasteiger partial charge in [0.1, 0.15) is 16.6 Å². The van der Waals surface area contributed by atoms with E-state index in [0.29, 0.717) is 17.0 Å². The number of fused-ring (bicyclic) bond motifs is 3. The van der Waals surface area contributed by atoms with Gasteiger partial charge in [0.15, 0.2) is 0 Å². The van der Waals surface area contributed by atoms with E-state index in [2.05, 4.69) is 17.2 Å². The Kier molecular flexibility index (Phi) is 4.47. The molecule has 7 heteroatoms. The van der Waals surface area contributed by atoms with Gasteiger partial charge in [0, 0.05) is 10.6 Å². The molecular formula is C20H21N3O3S. The number of nitrogens with zero attached hydrogens (tertiary/aromatic N) is 2. The molecular weight excluding hydrogens is 362 g/mol. The molecule has 2 atom stereocenters. The molecule has 2 heterocycles. The van der Waals surface area contributed by atoms with Crippen LogP contribution in [0.2, 0.25) is 0 Å². The highest BCUT2D eigenvalue weighted by Crippen LogP contribution is 2.35. The van der Waals surface area contributed by atoms with Crippen molar-refractivity contribution in [2.45, 2.75) is 39.2 Å². The van der Waals surface area contributed by atoms with E-state index in [1.807, 2.05) is 0 Å². The predicted octanol–water partition coefficient (Wildman–Crippen LogP) is 3.49. The number of aromatic hydroxyl groups is 1. The molecule has 2 aromatic heterocycles. The Morgan fingerprint density at radius 2 is 2.11 bits per heavy atom. The molecule has 2 unspecified atom stereocenters. The molecule has 2 N–H and O–H groups in total. The summed E-state index contributed by atoms with van der Waals surface area (Å²) in [5.41, 5.74) is 1.53. The fourth-order valence-electron chi connectivity index (χ4n) is 3.54. The minimum atomic E-state index is -0.693. The fraction of sp³-hybridized carbons (Fsp3) is 0.350. The fourth-order valence-corrected chi connectivity index (χ4v) is 4.88. The molecule has 1 amide bonds. The third-order valence-electron chi connectivity index (χ3n) is 5.17. The van der Waals surface area contributed by atoms with Crippen LogP contribution >= 0.6 is 11.3 Å². The summed E-state index contributed by atoms with van der Waals surface area (Å²) < 4.78 is 1.41. The summed E-state index contributed by atoms with van der Waals surface area (Å²) in [4.78, 5) is 32.2. The summed E-state index contributed by atoms with van der Waals surface area (Å²) in [6.45, 7) is 3.92. The van der Waals surface area contributed by atoms with Crippen LogP contribution in [0.5, 0.6) is 5.75 Å². The molecule has 3 aromatic rings. The van der Waals surface area contributed by atoms with Crippen molar-refractivity contribution in [2.75, 3.05) is 5.32 Å². The van der Waals surface area contributed by atoms with E-state index >= 15 is 0 Å². The first-order chi connectivity index (χ1) is 12.9. The van der Waals surface area contributed by atoms with Gasteiger partial charge in [0.25, 0.3) is 5.56 Å². The number of aryl methyl sites for hydroxylation is 1. The molecule has 1 aliphatic carbocycles. The number of hydrogen-bond donors (Lipinski definition) is 2. The number of benzene rings is 1. The normalized spacial score (nSPS) is 17.5. The van der Waals surface area contributed by atoms with Crippen LogP contribution in [0.4, 0.5) is 5.69 Å². The Morgan fingerprint density at radius 3 is 2.85 bits per heavy atom. The number of carbonyl (C=O) groups excluding carboxylic acids is 1. The molecule has 0 aliphatic heterocycles. The first-order valence-corrected chi connectivity index (χ1v) is 9.87. The molecule has 0 radical (unpaired) electrons. The zero-order chi connectivity index (χ0) is 19.1. The van der Waals surface area contributed by atoms with Gasteiger partial charge in [-0.15, -0.1) is 11.3 Å². The van der Waals surface area contributed by atoms with E-state index in [0.717, 1.165) is 29.7 Å². The SMILES string of the molecule is CC1CCc2c(sc3ncn(C(C)C(=O)Nc4ccc(O)cc4)c(=O)c23)C1. The van der Waals surface area contributed by atoms with Crippen LogP contribution < -0.4 is 10.9 Å². The van der Waals surface area contributed by atoms with Crippen molar-refractivity contribution >= 4 is 33.1 Å². The summed E-state index contributed by atoms with van der Waals surface area (Å²) in [6, 6.07) is 5.53. The van der Waals surface area contributed by atoms with Gasteiger partial charge in [-0.1, -0.05) is 6.92 Å². The third-order valence-corrected chi connectivity index (χ3v) is 6.33. The highest BCUT2D eigenvalue weighted by Gasteiger charge is 2.25. The molecule has 0 fully saturated rings. The van der Waals surface area contributed by atoms with Gasteiger partial charge in [0.05, 0.1) is 11.7 Å². The minimum absolute atomic E-state index is 0.128. The van der Waals surface area contributed by atoms with Crippen LogP contribution in [0, 0.1) is 5.92 Å². The molecule has 0 spiro atoms. The average Bonchev–Trinajstić information content (AvgIpc) is 3.01. The molecule has 1 aromatic carbocycles. The number of hydrogen-bond acceptors (Lipinski definition) is 5. The molecule has 0 saturated heterocycles. The predicted molar refractivity (Wildman–Crippen MR) is 107 cm³/mol. The molecule has 1 aliphatic rings. The van der Waals surface area contributed by atoms with Crippen molar-refractivity contribution in [3.8, 4) is 5.75 Å². The minimum Gasteiger partial charge on any atom is -0.508 e. The van der Waals surface area contributed by atoms with Gasteiger partial charge in [0.2, 0.25) is 5.91 Å². The van der Waals surface area contributed by atoms with Crippen molar-refractivity contribution in [2.24, 2.45) is 5.92 Å². The summed E-state index contributed by atoms with van der Waals surface area (Å²) >= 11 is 1.60. The standard InChI is InChI=1S/C20H21N3O3S/c1-11-3-8-15-16(9-11)27-19-17(15)20(26)23(10-21-19)12(2)18(25)22-13-4-6-14(24)7-5-13/h4-7,10-12,24H,3,8-9H2,1-2H3,(H,22,25). The van der Waals surface area contributed by atoms with Crippen molar-refractivity contribution in [3.05, 3.63) is 51.4 Å². The van der Waals surface area contributed by atoms with E-state index in [9.17, 15) is 14.7 Å². The Labute approximate surface area is 160 Å². The van der Waals surface area contributed by atoms with E-state index in [-0.39, 0.29) is 17.2 Å². The number of nitrogens with one attached hydrogen (secondary N) is 1. The molecule has 6 nitrogen and oxygen atoms in total. The molecule has 0 bridgehead atoms. The monoisotopic (exact) mass is 383 g/mol. The topological polar surface area (TPSA) is 84.2 Å². The Morgan fingerprint density at radius 1 is 1.37 bits per heavy atom. The Balaban J connectivity index is 1.66. The van der Waals surface area contributed by atoms with Crippen LogP contribution in [-0.2, 0) is 17.6 Å². The largest absolute Gasteiger partial charge is 0.508 e.